The molecule has 2 N–H and O–H groups in total. The van der Waals surface area contributed by atoms with E-state index >= 15 is 0 Å². The number of aromatic amines is 1. The van der Waals surface area contributed by atoms with Gasteiger partial charge in [-0.05, 0) is 22.0 Å². The van der Waals surface area contributed by atoms with Crippen LogP contribution in [-0.4, -0.2) is 21.0 Å². The minimum absolute atomic E-state index is 0.156. The fourth-order valence-electron chi connectivity index (χ4n) is 1.15. The van der Waals surface area contributed by atoms with Gasteiger partial charge in [-0.3, -0.25) is 4.98 Å². The van der Waals surface area contributed by atoms with Gasteiger partial charge in [-0.15, -0.1) is 0 Å². The molecule has 0 spiro atoms. The van der Waals surface area contributed by atoms with Crippen molar-refractivity contribution >= 4 is 32.8 Å². The summed E-state index contributed by atoms with van der Waals surface area (Å²) in [5.74, 6) is -0.983. The summed E-state index contributed by atoms with van der Waals surface area (Å²) in [5.41, 5.74) is 0.919. The number of aromatic carboxylic acids is 1. The predicted molar refractivity (Wildman–Crippen MR) is 50.8 cm³/mol. The van der Waals surface area contributed by atoms with Crippen molar-refractivity contribution in [2.75, 3.05) is 0 Å². The molecule has 0 saturated carbocycles. The van der Waals surface area contributed by atoms with Gasteiger partial charge in [0, 0.05) is 17.8 Å². The fourth-order valence-corrected chi connectivity index (χ4v) is 1.73. The summed E-state index contributed by atoms with van der Waals surface area (Å²) in [4.78, 5) is 17.4. The lowest BCUT2D eigenvalue weighted by molar-refractivity contribution is 0.0690. The third-order valence-electron chi connectivity index (χ3n) is 1.75. The molecule has 0 aliphatic rings. The Morgan fingerprint density at radius 3 is 3.00 bits per heavy atom. The van der Waals surface area contributed by atoms with Crippen LogP contribution in [0.1, 0.15) is 10.5 Å². The number of carbonyl (C=O) groups is 1. The average molecular weight is 241 g/mol. The van der Waals surface area contributed by atoms with E-state index in [0.29, 0.717) is 4.47 Å². The Kier molecular flexibility index (Phi) is 1.81. The third-order valence-corrected chi connectivity index (χ3v) is 2.57. The maximum atomic E-state index is 10.7. The number of rotatable bonds is 1. The van der Waals surface area contributed by atoms with Crippen molar-refractivity contribution in [3.63, 3.8) is 0 Å². The minimum atomic E-state index is -0.983. The Bertz CT molecular complexity index is 478. The lowest BCUT2D eigenvalue weighted by Crippen LogP contribution is -1.96. The highest BCUT2D eigenvalue weighted by molar-refractivity contribution is 9.10. The van der Waals surface area contributed by atoms with E-state index in [0.717, 1.165) is 10.9 Å². The van der Waals surface area contributed by atoms with E-state index in [2.05, 4.69) is 25.9 Å². The van der Waals surface area contributed by atoms with E-state index in [1.54, 1.807) is 18.5 Å². The van der Waals surface area contributed by atoms with Gasteiger partial charge in [0.25, 0.3) is 0 Å². The van der Waals surface area contributed by atoms with Crippen LogP contribution in [-0.2, 0) is 0 Å². The number of carboxylic acids is 1. The maximum absolute atomic E-state index is 10.7. The molecule has 2 heterocycles. The summed E-state index contributed by atoms with van der Waals surface area (Å²) in [6.45, 7) is 0. The van der Waals surface area contributed by atoms with Gasteiger partial charge in [0.2, 0.25) is 0 Å². The largest absolute Gasteiger partial charge is 0.477 e. The molecule has 0 atom stereocenters. The summed E-state index contributed by atoms with van der Waals surface area (Å²) >= 11 is 3.20. The maximum Gasteiger partial charge on any atom is 0.353 e. The molecular weight excluding hydrogens is 236 g/mol. The zero-order valence-corrected chi connectivity index (χ0v) is 8.00. The van der Waals surface area contributed by atoms with Crippen LogP contribution in [0.2, 0.25) is 0 Å². The molecule has 66 valence electrons. The van der Waals surface area contributed by atoms with E-state index in [4.69, 9.17) is 5.11 Å². The lowest BCUT2D eigenvalue weighted by Gasteiger charge is -1.87. The molecule has 2 aromatic rings. The first-order valence-electron chi connectivity index (χ1n) is 3.54. The highest BCUT2D eigenvalue weighted by Crippen LogP contribution is 2.26. The summed E-state index contributed by atoms with van der Waals surface area (Å²) in [5, 5.41) is 9.56. The molecule has 0 radical (unpaired) electrons. The van der Waals surface area contributed by atoms with Gasteiger partial charge in [0.15, 0.2) is 0 Å². The van der Waals surface area contributed by atoms with Crippen molar-refractivity contribution in [1.29, 1.82) is 0 Å². The quantitative estimate of drug-likeness (QED) is 0.802. The average Bonchev–Trinajstić information content (AvgIpc) is 2.45. The van der Waals surface area contributed by atoms with Gasteiger partial charge in [-0.2, -0.15) is 0 Å². The zero-order chi connectivity index (χ0) is 9.42. The Hall–Kier alpha value is -1.36. The smallest absolute Gasteiger partial charge is 0.353 e. The van der Waals surface area contributed by atoms with E-state index in [-0.39, 0.29) is 5.69 Å². The van der Waals surface area contributed by atoms with E-state index in [1.165, 1.54) is 0 Å². The van der Waals surface area contributed by atoms with Gasteiger partial charge >= 0.3 is 5.97 Å². The molecule has 0 fully saturated rings. The zero-order valence-electron chi connectivity index (χ0n) is 6.41. The van der Waals surface area contributed by atoms with Crippen LogP contribution in [0.25, 0.3) is 10.9 Å². The second kappa shape index (κ2) is 2.85. The molecule has 0 aliphatic carbocycles. The van der Waals surface area contributed by atoms with Crippen LogP contribution < -0.4 is 0 Å². The molecular formula is C8H5BrN2O2. The first-order chi connectivity index (χ1) is 6.20. The van der Waals surface area contributed by atoms with Crippen LogP contribution in [0.5, 0.6) is 0 Å². The topological polar surface area (TPSA) is 66.0 Å². The lowest BCUT2D eigenvalue weighted by atomic mass is 10.3. The number of hydrogen-bond donors (Lipinski definition) is 2. The van der Waals surface area contributed by atoms with Crippen molar-refractivity contribution in [1.82, 2.24) is 9.97 Å². The first kappa shape index (κ1) is 8.25. The van der Waals surface area contributed by atoms with Crippen LogP contribution >= 0.6 is 15.9 Å². The summed E-state index contributed by atoms with van der Waals surface area (Å²) < 4.78 is 0.545. The molecule has 4 nitrogen and oxygen atoms in total. The van der Waals surface area contributed by atoms with Crippen LogP contribution in [0.3, 0.4) is 0 Å². The van der Waals surface area contributed by atoms with Crippen molar-refractivity contribution in [3.05, 3.63) is 28.6 Å². The number of H-pyrrole nitrogens is 1. The van der Waals surface area contributed by atoms with Gasteiger partial charge in [-0.25, -0.2) is 4.79 Å². The number of fused-ring (bicyclic) bond motifs is 1. The summed E-state index contributed by atoms with van der Waals surface area (Å²) in [7, 11) is 0. The molecule has 0 aliphatic heterocycles. The van der Waals surface area contributed by atoms with Crippen molar-refractivity contribution in [2.24, 2.45) is 0 Å². The van der Waals surface area contributed by atoms with Gasteiger partial charge in [0.05, 0.1) is 9.99 Å². The van der Waals surface area contributed by atoms with E-state index in [1.807, 2.05) is 0 Å². The summed E-state index contributed by atoms with van der Waals surface area (Å²) in [6, 6.07) is 1.73. The van der Waals surface area contributed by atoms with Crippen LogP contribution in [0, 0.1) is 0 Å². The number of aromatic nitrogens is 2. The van der Waals surface area contributed by atoms with E-state index < -0.39 is 5.97 Å². The Morgan fingerprint density at radius 1 is 1.62 bits per heavy atom. The fraction of sp³-hybridized carbons (Fsp3) is 0. The summed E-state index contributed by atoms with van der Waals surface area (Å²) in [6.07, 6.45) is 3.22. The van der Waals surface area contributed by atoms with Crippen LogP contribution in [0.15, 0.2) is 22.9 Å². The normalized spacial score (nSPS) is 10.5. The number of hydrogen-bond acceptors (Lipinski definition) is 2. The molecule has 2 aromatic heterocycles. The molecule has 0 amide bonds. The predicted octanol–water partition coefficient (Wildman–Crippen LogP) is 2.02. The minimum Gasteiger partial charge on any atom is -0.477 e. The van der Waals surface area contributed by atoms with Crippen molar-refractivity contribution in [2.45, 2.75) is 0 Å². The third kappa shape index (κ3) is 1.21. The second-order valence-electron chi connectivity index (χ2n) is 2.54. The van der Waals surface area contributed by atoms with Crippen LogP contribution in [0.4, 0.5) is 0 Å². The number of pyridine rings is 1. The molecule has 0 bridgehead atoms. The first-order valence-corrected chi connectivity index (χ1v) is 4.34. The highest BCUT2D eigenvalue weighted by atomic mass is 79.9. The number of halogens is 1. The van der Waals surface area contributed by atoms with Gasteiger partial charge in [-0.1, -0.05) is 0 Å². The molecule has 2 rings (SSSR count). The molecule has 0 saturated heterocycles. The SMILES string of the molecule is O=C(O)c1[nH]c2ccncc2c1Br. The molecule has 13 heavy (non-hydrogen) atoms. The number of nitrogens with one attached hydrogen (secondary N) is 1. The second-order valence-corrected chi connectivity index (χ2v) is 3.33. The Labute approximate surface area is 81.7 Å². The monoisotopic (exact) mass is 240 g/mol. The Balaban J connectivity index is 2.81. The van der Waals surface area contributed by atoms with E-state index in [9.17, 15) is 4.79 Å². The number of nitrogens with zero attached hydrogens (tertiary/aromatic N) is 1. The molecule has 0 aromatic carbocycles. The molecule has 0 unspecified atom stereocenters. The number of carboxylic acid groups (broad SMARTS) is 1. The van der Waals surface area contributed by atoms with Gasteiger partial charge in [0.1, 0.15) is 5.69 Å². The standard InChI is InChI=1S/C8H5BrN2O2/c9-6-4-3-10-2-1-5(4)11-7(6)8(12)13/h1-3,11H,(H,12,13). The van der Waals surface area contributed by atoms with Crippen molar-refractivity contribution < 1.29 is 9.90 Å². The Morgan fingerprint density at radius 2 is 2.38 bits per heavy atom. The van der Waals surface area contributed by atoms with Gasteiger partial charge < -0.3 is 10.1 Å². The van der Waals surface area contributed by atoms with Crippen molar-refractivity contribution in [3.8, 4) is 0 Å². The highest BCUT2D eigenvalue weighted by Gasteiger charge is 2.13. The molecule has 5 heteroatoms.